The number of hydrogen-bond acceptors (Lipinski definition) is 4. The molecule has 0 radical (unpaired) electrons. The molecule has 0 spiro atoms. The molecule has 7 nitrogen and oxygen atoms in total. The molecule has 0 bridgehead atoms. The highest BCUT2D eigenvalue weighted by atomic mass is 16.2. The van der Waals surface area contributed by atoms with E-state index in [1.165, 1.54) is 10.9 Å². The van der Waals surface area contributed by atoms with Crippen molar-refractivity contribution in [1.82, 2.24) is 24.0 Å². The minimum absolute atomic E-state index is 0.0259. The van der Waals surface area contributed by atoms with Gasteiger partial charge >= 0.3 is 0 Å². The lowest BCUT2D eigenvalue weighted by molar-refractivity contribution is 0.0731. The fourth-order valence-corrected chi connectivity index (χ4v) is 3.14. The first kappa shape index (κ1) is 14.6. The topological polar surface area (TPSA) is 73.0 Å². The molecule has 0 atom stereocenters. The minimum atomic E-state index is -0.0596. The van der Waals surface area contributed by atoms with Crippen molar-refractivity contribution in [2.75, 3.05) is 6.54 Å². The van der Waals surface area contributed by atoms with Gasteiger partial charge in [0.15, 0.2) is 0 Å². The van der Waals surface area contributed by atoms with Gasteiger partial charge in [0.25, 0.3) is 11.5 Å². The number of rotatable bonds is 1. The third-order valence-corrected chi connectivity index (χ3v) is 4.55. The molecule has 1 aromatic carbocycles. The van der Waals surface area contributed by atoms with Crippen LogP contribution in [0.5, 0.6) is 0 Å². The quantitative estimate of drug-likeness (QED) is 0.666. The maximum atomic E-state index is 12.8. The summed E-state index contributed by atoms with van der Waals surface area (Å²) in [4.78, 5) is 35.3. The van der Waals surface area contributed by atoms with Gasteiger partial charge in [0.2, 0.25) is 0 Å². The molecule has 24 heavy (non-hydrogen) atoms. The first-order valence-electron chi connectivity index (χ1n) is 7.78. The summed E-state index contributed by atoms with van der Waals surface area (Å²) in [5, 5.41) is 0. The molecule has 1 aliphatic heterocycles. The largest absolute Gasteiger partial charge is 0.334 e. The zero-order valence-electron chi connectivity index (χ0n) is 13.6. The van der Waals surface area contributed by atoms with Gasteiger partial charge in [-0.05, 0) is 24.6 Å². The molecule has 2 aromatic heterocycles. The number of imidazole rings is 1. The summed E-state index contributed by atoms with van der Waals surface area (Å²) in [7, 11) is 3.61. The fourth-order valence-electron chi connectivity index (χ4n) is 3.14. The van der Waals surface area contributed by atoms with Gasteiger partial charge < -0.3 is 14.0 Å². The molecule has 0 saturated carbocycles. The molecular formula is C17H17N5O2. The molecular weight excluding hydrogens is 306 g/mol. The Kier molecular flexibility index (Phi) is 3.23. The highest BCUT2D eigenvalue weighted by molar-refractivity contribution is 5.97. The Morgan fingerprint density at radius 3 is 2.75 bits per heavy atom. The lowest BCUT2D eigenvalue weighted by Crippen LogP contribution is -2.40. The number of nitrogens with zero attached hydrogens (tertiary/aromatic N) is 5. The van der Waals surface area contributed by atoms with Gasteiger partial charge in [-0.25, -0.2) is 9.97 Å². The maximum Gasteiger partial charge on any atom is 0.256 e. The van der Waals surface area contributed by atoms with E-state index in [2.05, 4.69) is 9.97 Å². The van der Waals surface area contributed by atoms with Crippen molar-refractivity contribution in [2.24, 2.45) is 14.1 Å². The first-order valence-corrected chi connectivity index (χ1v) is 7.78. The molecule has 1 amide bonds. The van der Waals surface area contributed by atoms with Crippen molar-refractivity contribution < 1.29 is 4.79 Å². The Labute approximate surface area is 138 Å². The minimum Gasteiger partial charge on any atom is -0.334 e. The van der Waals surface area contributed by atoms with E-state index >= 15 is 0 Å². The van der Waals surface area contributed by atoms with Crippen molar-refractivity contribution in [3.05, 3.63) is 58.0 Å². The van der Waals surface area contributed by atoms with Gasteiger partial charge in [-0.3, -0.25) is 9.59 Å². The number of carbonyl (C=O) groups excluding carboxylic acids is 1. The second kappa shape index (κ2) is 5.30. The van der Waals surface area contributed by atoms with E-state index in [9.17, 15) is 9.59 Å². The second-order valence-electron chi connectivity index (χ2n) is 6.12. The molecule has 3 aromatic rings. The van der Waals surface area contributed by atoms with Crippen molar-refractivity contribution in [3.8, 4) is 0 Å². The van der Waals surface area contributed by atoms with E-state index in [-0.39, 0.29) is 11.5 Å². The van der Waals surface area contributed by atoms with Crippen molar-refractivity contribution in [2.45, 2.75) is 13.0 Å². The van der Waals surface area contributed by atoms with Crippen LogP contribution in [0.3, 0.4) is 0 Å². The Morgan fingerprint density at radius 1 is 1.12 bits per heavy atom. The predicted octanol–water partition coefficient (Wildman–Crippen LogP) is 0.865. The highest BCUT2D eigenvalue weighted by Crippen LogP contribution is 2.19. The van der Waals surface area contributed by atoms with E-state index in [0.29, 0.717) is 36.3 Å². The molecule has 4 rings (SSSR count). The van der Waals surface area contributed by atoms with Gasteiger partial charge in [-0.15, -0.1) is 0 Å². The van der Waals surface area contributed by atoms with Crippen LogP contribution in [-0.2, 0) is 27.1 Å². The van der Waals surface area contributed by atoms with Crippen LogP contribution >= 0.6 is 0 Å². The number of hydrogen-bond donors (Lipinski definition) is 0. The molecule has 3 heterocycles. The van der Waals surface area contributed by atoms with Gasteiger partial charge in [0.05, 0.1) is 35.9 Å². The molecule has 0 saturated heterocycles. The Bertz CT molecular complexity index is 1020. The summed E-state index contributed by atoms with van der Waals surface area (Å²) in [6.45, 7) is 0.886. The fraction of sp³-hybridized carbons (Fsp3) is 0.294. The van der Waals surface area contributed by atoms with Gasteiger partial charge in [0.1, 0.15) is 0 Å². The predicted molar refractivity (Wildman–Crippen MR) is 88.6 cm³/mol. The van der Waals surface area contributed by atoms with Crippen molar-refractivity contribution in [1.29, 1.82) is 0 Å². The molecule has 1 aliphatic rings. The average Bonchev–Trinajstić information content (AvgIpc) is 2.98. The molecule has 0 unspecified atom stereocenters. The van der Waals surface area contributed by atoms with E-state index < -0.39 is 0 Å². The maximum absolute atomic E-state index is 12.8. The summed E-state index contributed by atoms with van der Waals surface area (Å²) in [6, 6.07) is 5.53. The zero-order valence-corrected chi connectivity index (χ0v) is 13.6. The van der Waals surface area contributed by atoms with E-state index in [1.54, 1.807) is 18.3 Å². The molecule has 7 heteroatoms. The van der Waals surface area contributed by atoms with Gasteiger partial charge in [-0.1, -0.05) is 0 Å². The third-order valence-electron chi connectivity index (χ3n) is 4.55. The number of benzene rings is 1. The average molecular weight is 323 g/mol. The molecule has 0 aliphatic carbocycles. The number of carbonyl (C=O) groups is 1. The van der Waals surface area contributed by atoms with Crippen molar-refractivity contribution >= 4 is 16.9 Å². The van der Waals surface area contributed by atoms with Crippen molar-refractivity contribution in [3.63, 3.8) is 0 Å². The summed E-state index contributed by atoms with van der Waals surface area (Å²) >= 11 is 0. The summed E-state index contributed by atoms with van der Waals surface area (Å²) in [6.07, 6.45) is 3.78. The van der Waals surface area contributed by atoms with Crippen LogP contribution in [0.1, 0.15) is 21.6 Å². The SMILES string of the molecule is Cn1cnc2c(c1=O)CCN(C(=O)c1ccc3c(c1)ncn3C)C2. The smallest absolute Gasteiger partial charge is 0.256 e. The van der Waals surface area contributed by atoms with Crippen LogP contribution < -0.4 is 5.56 Å². The number of aryl methyl sites for hydroxylation is 2. The Morgan fingerprint density at radius 2 is 1.92 bits per heavy atom. The lowest BCUT2D eigenvalue weighted by Gasteiger charge is -2.28. The summed E-state index contributed by atoms with van der Waals surface area (Å²) in [5.74, 6) is -0.0596. The van der Waals surface area contributed by atoms with Crippen LogP contribution in [0.4, 0.5) is 0 Å². The van der Waals surface area contributed by atoms with Crippen LogP contribution in [0.25, 0.3) is 11.0 Å². The van der Waals surface area contributed by atoms with E-state index in [0.717, 1.165) is 11.0 Å². The standard InChI is InChI=1S/C17H17N5O2/c1-20-9-18-13-7-11(3-4-15(13)20)16(23)22-6-5-12-14(8-22)19-10-21(2)17(12)24/h3-4,7,9-10H,5-6,8H2,1-2H3. The highest BCUT2D eigenvalue weighted by Gasteiger charge is 2.25. The van der Waals surface area contributed by atoms with Gasteiger partial charge in [0, 0.05) is 31.8 Å². The monoisotopic (exact) mass is 323 g/mol. The van der Waals surface area contributed by atoms with Crippen LogP contribution in [0.15, 0.2) is 35.6 Å². The van der Waals surface area contributed by atoms with E-state index in [4.69, 9.17) is 0 Å². The lowest BCUT2D eigenvalue weighted by atomic mass is 10.0. The van der Waals surface area contributed by atoms with Crippen LogP contribution in [0, 0.1) is 0 Å². The third kappa shape index (κ3) is 2.20. The normalized spacial score (nSPS) is 14.0. The molecule has 0 N–H and O–H groups in total. The summed E-state index contributed by atoms with van der Waals surface area (Å²) in [5.41, 5.74) is 3.77. The Balaban J connectivity index is 1.64. The van der Waals surface area contributed by atoms with Crippen LogP contribution in [0.2, 0.25) is 0 Å². The zero-order chi connectivity index (χ0) is 16.8. The molecule has 122 valence electrons. The second-order valence-corrected chi connectivity index (χ2v) is 6.12. The summed E-state index contributed by atoms with van der Waals surface area (Å²) < 4.78 is 3.39. The van der Waals surface area contributed by atoms with Gasteiger partial charge in [-0.2, -0.15) is 0 Å². The number of aromatic nitrogens is 4. The molecule has 0 fully saturated rings. The Hall–Kier alpha value is -2.96. The van der Waals surface area contributed by atoms with E-state index in [1.807, 2.05) is 29.8 Å². The number of fused-ring (bicyclic) bond motifs is 2. The first-order chi connectivity index (χ1) is 11.5. The van der Waals surface area contributed by atoms with Crippen LogP contribution in [-0.4, -0.2) is 36.5 Å². The number of amides is 1.